The Morgan fingerprint density at radius 2 is 2.40 bits per heavy atom. The van der Waals surface area contributed by atoms with Gasteiger partial charge in [-0.1, -0.05) is 0 Å². The molecule has 0 aromatic heterocycles. The van der Waals surface area contributed by atoms with Gasteiger partial charge in [-0.25, -0.2) is 4.79 Å². The molecule has 1 amide bonds. The number of hydrogen-bond acceptors (Lipinski definition) is 4. The average molecular weight is 208 g/mol. The lowest BCUT2D eigenvalue weighted by Crippen LogP contribution is -2.36. The van der Waals surface area contributed by atoms with Gasteiger partial charge in [0.2, 0.25) is 5.91 Å². The highest BCUT2D eigenvalue weighted by atomic mass is 16.5. The van der Waals surface area contributed by atoms with Crippen LogP contribution in [-0.4, -0.2) is 18.5 Å². The second-order valence-electron chi connectivity index (χ2n) is 3.20. The molecule has 0 saturated heterocycles. The number of esters is 1. The summed E-state index contributed by atoms with van der Waals surface area (Å²) >= 11 is 0. The Labute approximate surface area is 87.7 Å². The average Bonchev–Trinajstić information content (AvgIpc) is 2.18. The van der Waals surface area contributed by atoms with Crippen molar-refractivity contribution in [2.75, 3.05) is 6.61 Å². The quantitative estimate of drug-likeness (QED) is 0.669. The molecule has 0 saturated carbocycles. The summed E-state index contributed by atoms with van der Waals surface area (Å²) in [6, 6.07) is 1.85. The molecule has 0 aromatic rings. The molecule has 0 fully saturated rings. The number of amides is 1. The Morgan fingerprint density at radius 3 is 2.93 bits per heavy atom. The van der Waals surface area contributed by atoms with E-state index in [1.807, 2.05) is 6.07 Å². The van der Waals surface area contributed by atoms with Gasteiger partial charge >= 0.3 is 5.97 Å². The number of nitrogens with one attached hydrogen (secondary N) is 1. The highest BCUT2D eigenvalue weighted by Crippen LogP contribution is 2.21. The van der Waals surface area contributed by atoms with Gasteiger partial charge in [0.15, 0.2) is 0 Å². The van der Waals surface area contributed by atoms with Crippen molar-refractivity contribution in [1.29, 1.82) is 5.26 Å². The maximum atomic E-state index is 11.4. The number of allylic oxidation sites excluding steroid dienone is 1. The molecule has 1 aliphatic rings. The van der Waals surface area contributed by atoms with Gasteiger partial charge in [-0.3, -0.25) is 4.79 Å². The third-order valence-corrected chi connectivity index (χ3v) is 2.17. The van der Waals surface area contributed by atoms with Gasteiger partial charge in [-0.15, -0.1) is 0 Å². The highest BCUT2D eigenvalue weighted by Gasteiger charge is 2.30. The van der Waals surface area contributed by atoms with Crippen molar-refractivity contribution in [1.82, 2.24) is 5.32 Å². The van der Waals surface area contributed by atoms with Crippen molar-refractivity contribution in [2.45, 2.75) is 20.3 Å². The van der Waals surface area contributed by atoms with Crippen LogP contribution in [0.3, 0.4) is 0 Å². The fraction of sp³-hybridized carbons (Fsp3) is 0.500. The molecule has 5 heteroatoms. The zero-order chi connectivity index (χ0) is 11.4. The summed E-state index contributed by atoms with van der Waals surface area (Å²) in [5.74, 6) is -1.62. The molecule has 15 heavy (non-hydrogen) atoms. The van der Waals surface area contributed by atoms with E-state index >= 15 is 0 Å². The predicted molar refractivity (Wildman–Crippen MR) is 51.2 cm³/mol. The van der Waals surface area contributed by atoms with Gasteiger partial charge in [0, 0.05) is 12.1 Å². The molecule has 1 rings (SSSR count). The van der Waals surface area contributed by atoms with Crippen molar-refractivity contribution in [2.24, 2.45) is 5.92 Å². The van der Waals surface area contributed by atoms with E-state index in [1.165, 1.54) is 0 Å². The highest BCUT2D eigenvalue weighted by molar-refractivity contribution is 5.95. The van der Waals surface area contributed by atoms with E-state index in [0.717, 1.165) is 0 Å². The van der Waals surface area contributed by atoms with Crippen LogP contribution >= 0.6 is 0 Å². The SMILES string of the molecule is CCOC(=O)C1=C(C)NC(=O)C(C#N)C1. The standard InChI is InChI=1S/C10H12N2O3/c1-3-15-10(14)8-4-7(5-11)9(13)12-6(8)2/h7H,3-4H2,1-2H3,(H,12,13). The van der Waals surface area contributed by atoms with E-state index in [0.29, 0.717) is 11.3 Å². The van der Waals surface area contributed by atoms with Crippen molar-refractivity contribution in [3.8, 4) is 6.07 Å². The van der Waals surface area contributed by atoms with E-state index in [4.69, 9.17) is 10.00 Å². The van der Waals surface area contributed by atoms with Crippen LogP contribution in [0.1, 0.15) is 20.3 Å². The van der Waals surface area contributed by atoms with Gasteiger partial charge in [0.1, 0.15) is 5.92 Å². The predicted octanol–water partition coefficient (Wildman–Crippen LogP) is 0.483. The lowest BCUT2D eigenvalue weighted by Gasteiger charge is -2.20. The summed E-state index contributed by atoms with van der Waals surface area (Å²) in [6.07, 6.45) is 0.132. The third kappa shape index (κ3) is 2.34. The van der Waals surface area contributed by atoms with Crippen LogP contribution in [0.25, 0.3) is 0 Å². The first kappa shape index (κ1) is 11.2. The number of rotatable bonds is 2. The molecule has 1 heterocycles. The summed E-state index contributed by atoms with van der Waals surface area (Å²) in [6.45, 7) is 3.61. The first-order valence-corrected chi connectivity index (χ1v) is 4.67. The van der Waals surface area contributed by atoms with Crippen LogP contribution in [0.15, 0.2) is 11.3 Å². The summed E-state index contributed by atoms with van der Waals surface area (Å²) < 4.78 is 4.82. The molecule has 0 spiro atoms. The largest absolute Gasteiger partial charge is 0.463 e. The van der Waals surface area contributed by atoms with Gasteiger partial charge in [-0.05, 0) is 13.8 Å². The van der Waals surface area contributed by atoms with Crippen LogP contribution < -0.4 is 5.32 Å². The number of ether oxygens (including phenoxy) is 1. The molecule has 0 aliphatic carbocycles. The van der Waals surface area contributed by atoms with E-state index in [2.05, 4.69) is 5.32 Å². The Morgan fingerprint density at radius 1 is 1.73 bits per heavy atom. The number of nitrogens with zero attached hydrogens (tertiary/aromatic N) is 1. The van der Waals surface area contributed by atoms with Gasteiger partial charge in [0.05, 0.1) is 18.2 Å². The smallest absolute Gasteiger partial charge is 0.335 e. The Kier molecular flexibility index (Phi) is 3.45. The number of nitriles is 1. The fourth-order valence-corrected chi connectivity index (χ4v) is 1.36. The zero-order valence-electron chi connectivity index (χ0n) is 8.66. The Hall–Kier alpha value is -1.83. The molecule has 1 atom stereocenters. The van der Waals surface area contributed by atoms with Crippen LogP contribution in [0.4, 0.5) is 0 Å². The zero-order valence-corrected chi connectivity index (χ0v) is 8.66. The monoisotopic (exact) mass is 208 g/mol. The van der Waals surface area contributed by atoms with E-state index in [9.17, 15) is 9.59 Å². The first-order valence-electron chi connectivity index (χ1n) is 4.67. The minimum Gasteiger partial charge on any atom is -0.463 e. The normalized spacial score (nSPS) is 20.6. The maximum Gasteiger partial charge on any atom is 0.335 e. The van der Waals surface area contributed by atoms with E-state index in [1.54, 1.807) is 13.8 Å². The van der Waals surface area contributed by atoms with Crippen LogP contribution in [0.2, 0.25) is 0 Å². The molecule has 80 valence electrons. The van der Waals surface area contributed by atoms with Crippen LogP contribution in [0.5, 0.6) is 0 Å². The molecule has 0 radical (unpaired) electrons. The molecule has 1 aliphatic heterocycles. The second-order valence-corrected chi connectivity index (χ2v) is 3.20. The maximum absolute atomic E-state index is 11.4. The summed E-state index contributed by atoms with van der Waals surface area (Å²) in [4.78, 5) is 22.7. The molecular formula is C10H12N2O3. The lowest BCUT2D eigenvalue weighted by molar-refractivity contribution is -0.139. The minimum atomic E-state index is -0.798. The van der Waals surface area contributed by atoms with Crippen molar-refractivity contribution >= 4 is 11.9 Å². The Balaban J connectivity index is 2.89. The summed E-state index contributed by atoms with van der Waals surface area (Å²) in [5.41, 5.74) is 0.855. The van der Waals surface area contributed by atoms with Crippen LogP contribution in [-0.2, 0) is 14.3 Å². The third-order valence-electron chi connectivity index (χ3n) is 2.17. The lowest BCUT2D eigenvalue weighted by atomic mass is 9.95. The minimum absolute atomic E-state index is 0.132. The van der Waals surface area contributed by atoms with E-state index < -0.39 is 11.9 Å². The molecule has 1 unspecified atom stereocenters. The number of hydrogen-bond donors (Lipinski definition) is 1. The van der Waals surface area contributed by atoms with Crippen LogP contribution in [0, 0.1) is 17.2 Å². The summed E-state index contributed by atoms with van der Waals surface area (Å²) in [5, 5.41) is 11.2. The van der Waals surface area contributed by atoms with Crippen molar-refractivity contribution in [3.05, 3.63) is 11.3 Å². The number of carbonyl (C=O) groups is 2. The van der Waals surface area contributed by atoms with E-state index in [-0.39, 0.29) is 18.9 Å². The molecule has 1 N–H and O–H groups in total. The van der Waals surface area contributed by atoms with Gasteiger partial charge in [0.25, 0.3) is 0 Å². The Bertz CT molecular complexity index is 365. The number of carbonyl (C=O) groups excluding carboxylic acids is 2. The molecule has 0 bridgehead atoms. The summed E-state index contributed by atoms with van der Waals surface area (Å²) in [7, 11) is 0. The van der Waals surface area contributed by atoms with Crippen molar-refractivity contribution in [3.63, 3.8) is 0 Å². The molecule has 0 aromatic carbocycles. The topological polar surface area (TPSA) is 79.2 Å². The second kappa shape index (κ2) is 4.60. The molecule has 5 nitrogen and oxygen atoms in total. The first-order chi connectivity index (χ1) is 7.10. The van der Waals surface area contributed by atoms with Gasteiger partial charge < -0.3 is 10.1 Å². The fourth-order valence-electron chi connectivity index (χ4n) is 1.36. The van der Waals surface area contributed by atoms with Gasteiger partial charge in [-0.2, -0.15) is 5.26 Å². The van der Waals surface area contributed by atoms with Crippen molar-refractivity contribution < 1.29 is 14.3 Å². The molecular weight excluding hydrogens is 196 g/mol.